The van der Waals surface area contributed by atoms with Crippen LogP contribution in [0.5, 0.6) is 0 Å². The van der Waals surface area contributed by atoms with Crippen molar-refractivity contribution in [2.45, 2.75) is 58.3 Å². The number of allylic oxidation sites excluding steroid dienone is 1. The minimum atomic E-state index is -0.210. The van der Waals surface area contributed by atoms with Crippen LogP contribution < -0.4 is 0 Å². The summed E-state index contributed by atoms with van der Waals surface area (Å²) < 4.78 is 4.74. The number of esters is 1. The third-order valence-electron chi connectivity index (χ3n) is 5.06. The van der Waals surface area contributed by atoms with E-state index in [1.807, 2.05) is 6.92 Å². The lowest BCUT2D eigenvalue weighted by atomic mass is 9.70. The molecule has 0 amide bonds. The monoisotopic (exact) mass is 278 g/mol. The second-order valence-corrected chi connectivity index (χ2v) is 6.39. The number of hydrogen-bond donors (Lipinski definition) is 0. The minimum absolute atomic E-state index is 0.210. The zero-order valence-corrected chi connectivity index (χ0v) is 12.7. The van der Waals surface area contributed by atoms with Crippen molar-refractivity contribution in [2.75, 3.05) is 7.11 Å². The van der Waals surface area contributed by atoms with Gasteiger partial charge in [-0.3, -0.25) is 4.79 Å². The molecule has 20 heavy (non-hydrogen) atoms. The number of ether oxygens (including phenoxy) is 1. The largest absolute Gasteiger partial charge is 0.466 e. The summed E-state index contributed by atoms with van der Waals surface area (Å²) in [6.45, 7) is 1.84. The lowest BCUT2D eigenvalue weighted by molar-refractivity contribution is -0.136. The summed E-state index contributed by atoms with van der Waals surface area (Å²) in [4.78, 5) is 22.7. The molecule has 0 aromatic heterocycles. The molecule has 3 heteroatoms. The molecule has 0 atom stereocenters. The molecule has 2 rings (SSSR count). The Morgan fingerprint density at radius 3 is 2.15 bits per heavy atom. The van der Waals surface area contributed by atoms with Crippen LogP contribution in [-0.4, -0.2) is 18.9 Å². The van der Waals surface area contributed by atoms with Crippen LogP contribution in [0.2, 0.25) is 0 Å². The van der Waals surface area contributed by atoms with Gasteiger partial charge in [-0.2, -0.15) is 0 Å². The molecule has 0 unspecified atom stereocenters. The fourth-order valence-corrected chi connectivity index (χ4v) is 3.80. The van der Waals surface area contributed by atoms with Crippen molar-refractivity contribution in [3.8, 4) is 0 Å². The van der Waals surface area contributed by atoms with Crippen LogP contribution in [0.25, 0.3) is 0 Å². The Morgan fingerprint density at radius 1 is 1.05 bits per heavy atom. The van der Waals surface area contributed by atoms with Crippen molar-refractivity contribution in [3.05, 3.63) is 11.6 Å². The predicted octanol–water partition coefficient (Wildman–Crippen LogP) is 3.67. The molecule has 2 fully saturated rings. The van der Waals surface area contributed by atoms with Gasteiger partial charge in [-0.15, -0.1) is 0 Å². The van der Waals surface area contributed by atoms with E-state index >= 15 is 0 Å². The van der Waals surface area contributed by atoms with Crippen molar-refractivity contribution < 1.29 is 14.3 Å². The number of rotatable bonds is 3. The number of carbonyl (C=O) groups is 2. The zero-order chi connectivity index (χ0) is 14.5. The molecule has 0 aliphatic heterocycles. The van der Waals surface area contributed by atoms with Gasteiger partial charge in [0.25, 0.3) is 0 Å². The first-order chi connectivity index (χ1) is 9.60. The standard InChI is InChI=1S/C17H26O3/c1-12(17(19)20-2)11-13-3-5-14(6-4-13)15-7-9-16(18)10-8-15/h11,13-15H,3-10H2,1-2H3/b12-11+. The van der Waals surface area contributed by atoms with Crippen LogP contribution in [0.3, 0.4) is 0 Å². The average Bonchev–Trinajstić information content (AvgIpc) is 2.48. The Kier molecular flexibility index (Phi) is 5.38. The summed E-state index contributed by atoms with van der Waals surface area (Å²) >= 11 is 0. The Labute approximate surface area is 121 Å². The molecule has 0 heterocycles. The highest BCUT2D eigenvalue weighted by atomic mass is 16.5. The second-order valence-electron chi connectivity index (χ2n) is 6.39. The van der Waals surface area contributed by atoms with Crippen LogP contribution in [0.15, 0.2) is 11.6 Å². The average molecular weight is 278 g/mol. The summed E-state index contributed by atoms with van der Waals surface area (Å²) in [5, 5.41) is 0. The maximum absolute atomic E-state index is 11.4. The summed E-state index contributed by atoms with van der Waals surface area (Å²) in [5.74, 6) is 2.32. The molecule has 0 aromatic carbocycles. The molecule has 2 aliphatic carbocycles. The predicted molar refractivity (Wildman–Crippen MR) is 78.2 cm³/mol. The maximum atomic E-state index is 11.4. The Bertz CT molecular complexity index is 379. The van der Waals surface area contributed by atoms with E-state index in [-0.39, 0.29) is 5.97 Å². The first-order valence-corrected chi connectivity index (χ1v) is 7.88. The van der Waals surface area contributed by atoms with Gasteiger partial charge in [-0.05, 0) is 63.2 Å². The third-order valence-corrected chi connectivity index (χ3v) is 5.06. The maximum Gasteiger partial charge on any atom is 0.333 e. The molecule has 0 saturated heterocycles. The normalized spacial score (nSPS) is 29.3. The van der Waals surface area contributed by atoms with Crippen LogP contribution >= 0.6 is 0 Å². The molecule has 0 radical (unpaired) electrons. The third kappa shape index (κ3) is 3.94. The molecule has 2 saturated carbocycles. The van der Waals surface area contributed by atoms with E-state index in [9.17, 15) is 9.59 Å². The van der Waals surface area contributed by atoms with Crippen LogP contribution in [0.4, 0.5) is 0 Å². The van der Waals surface area contributed by atoms with Crippen LogP contribution in [0.1, 0.15) is 58.3 Å². The topological polar surface area (TPSA) is 43.4 Å². The number of ketones is 1. The molecule has 0 N–H and O–H groups in total. The molecule has 3 nitrogen and oxygen atoms in total. The van der Waals surface area contributed by atoms with E-state index in [0.717, 1.165) is 43.1 Å². The Morgan fingerprint density at radius 2 is 1.60 bits per heavy atom. The van der Waals surface area contributed by atoms with E-state index in [1.165, 1.54) is 32.8 Å². The van der Waals surface area contributed by atoms with Crippen LogP contribution in [0, 0.1) is 17.8 Å². The van der Waals surface area contributed by atoms with Crippen molar-refractivity contribution in [3.63, 3.8) is 0 Å². The molecule has 0 bridgehead atoms. The molecule has 2 aliphatic rings. The smallest absolute Gasteiger partial charge is 0.333 e. The van der Waals surface area contributed by atoms with E-state index < -0.39 is 0 Å². The van der Waals surface area contributed by atoms with Crippen molar-refractivity contribution in [1.29, 1.82) is 0 Å². The van der Waals surface area contributed by atoms with E-state index in [2.05, 4.69) is 6.08 Å². The fourth-order valence-electron chi connectivity index (χ4n) is 3.80. The van der Waals surface area contributed by atoms with Gasteiger partial charge in [0, 0.05) is 18.4 Å². The van der Waals surface area contributed by atoms with Gasteiger partial charge in [0.2, 0.25) is 0 Å². The van der Waals surface area contributed by atoms with Crippen LogP contribution in [-0.2, 0) is 14.3 Å². The Hall–Kier alpha value is -1.12. The number of carbonyl (C=O) groups excluding carboxylic acids is 2. The van der Waals surface area contributed by atoms with Crippen molar-refractivity contribution in [1.82, 2.24) is 0 Å². The number of methoxy groups -OCH3 is 1. The number of Topliss-reactive ketones (excluding diaryl/α,β-unsaturated/α-hetero) is 1. The van der Waals surface area contributed by atoms with Gasteiger partial charge in [-0.1, -0.05) is 6.08 Å². The SMILES string of the molecule is COC(=O)/C(C)=C/C1CCC(C2CCC(=O)CC2)CC1. The lowest BCUT2D eigenvalue weighted by Crippen LogP contribution is -2.25. The first-order valence-electron chi connectivity index (χ1n) is 7.88. The van der Waals surface area contributed by atoms with Gasteiger partial charge in [-0.25, -0.2) is 4.79 Å². The van der Waals surface area contributed by atoms with Gasteiger partial charge < -0.3 is 4.74 Å². The molecular weight excluding hydrogens is 252 g/mol. The second kappa shape index (κ2) is 7.05. The Balaban J connectivity index is 1.80. The fraction of sp³-hybridized carbons (Fsp3) is 0.765. The first kappa shape index (κ1) is 15.3. The minimum Gasteiger partial charge on any atom is -0.466 e. The zero-order valence-electron chi connectivity index (χ0n) is 12.7. The highest BCUT2D eigenvalue weighted by Gasteiger charge is 2.29. The summed E-state index contributed by atoms with van der Waals surface area (Å²) in [6.07, 6.45) is 10.7. The van der Waals surface area contributed by atoms with E-state index in [1.54, 1.807) is 0 Å². The van der Waals surface area contributed by atoms with Crippen molar-refractivity contribution >= 4 is 11.8 Å². The molecule has 0 spiro atoms. The molecule has 0 aromatic rings. The molecule has 112 valence electrons. The number of hydrogen-bond acceptors (Lipinski definition) is 3. The summed E-state index contributed by atoms with van der Waals surface area (Å²) in [6, 6.07) is 0. The van der Waals surface area contributed by atoms with Gasteiger partial charge in [0.1, 0.15) is 5.78 Å². The highest BCUT2D eigenvalue weighted by molar-refractivity contribution is 5.87. The van der Waals surface area contributed by atoms with E-state index in [4.69, 9.17) is 4.74 Å². The van der Waals surface area contributed by atoms with Gasteiger partial charge in [0.05, 0.1) is 7.11 Å². The quantitative estimate of drug-likeness (QED) is 0.584. The van der Waals surface area contributed by atoms with Gasteiger partial charge in [0.15, 0.2) is 0 Å². The summed E-state index contributed by atoms with van der Waals surface area (Å²) in [5.41, 5.74) is 0.735. The molecular formula is C17H26O3. The van der Waals surface area contributed by atoms with Gasteiger partial charge >= 0.3 is 5.97 Å². The highest BCUT2D eigenvalue weighted by Crippen LogP contribution is 2.39. The summed E-state index contributed by atoms with van der Waals surface area (Å²) in [7, 11) is 1.43. The van der Waals surface area contributed by atoms with Crippen molar-refractivity contribution in [2.24, 2.45) is 17.8 Å². The van der Waals surface area contributed by atoms with E-state index in [0.29, 0.717) is 11.7 Å². The lowest BCUT2D eigenvalue weighted by Gasteiger charge is -2.34.